The van der Waals surface area contributed by atoms with Gasteiger partial charge < -0.3 is 15.2 Å². The van der Waals surface area contributed by atoms with Crippen LogP contribution in [0.2, 0.25) is 0 Å². The van der Waals surface area contributed by atoms with Gasteiger partial charge in [-0.3, -0.25) is 0 Å². The summed E-state index contributed by atoms with van der Waals surface area (Å²) in [6, 6.07) is 12.2. The summed E-state index contributed by atoms with van der Waals surface area (Å²) < 4.78 is 39.4. The summed E-state index contributed by atoms with van der Waals surface area (Å²) in [6.07, 6.45) is -1.02. The average molecular weight is 381 g/mol. The van der Waals surface area contributed by atoms with E-state index >= 15 is 0 Å². The molecular formula is C17H16FNO6S. The van der Waals surface area contributed by atoms with Crippen LogP contribution >= 0.6 is 0 Å². The van der Waals surface area contributed by atoms with Crippen molar-refractivity contribution in [1.29, 1.82) is 0 Å². The molecule has 0 spiro atoms. The van der Waals surface area contributed by atoms with Crippen LogP contribution in [-0.2, 0) is 32.8 Å². The number of alkyl carbamates (subject to hydrolysis) is 1. The van der Waals surface area contributed by atoms with Crippen molar-refractivity contribution in [1.82, 2.24) is 5.32 Å². The Kier molecular flexibility index (Phi) is 6.29. The molecule has 0 heterocycles. The zero-order valence-electron chi connectivity index (χ0n) is 13.5. The van der Waals surface area contributed by atoms with Crippen molar-refractivity contribution in [3.63, 3.8) is 0 Å². The number of carboxylic acids is 1. The van der Waals surface area contributed by atoms with Crippen molar-refractivity contribution in [3.05, 3.63) is 65.7 Å². The van der Waals surface area contributed by atoms with Gasteiger partial charge in [0, 0.05) is 6.42 Å². The molecule has 0 aliphatic carbocycles. The molecule has 2 rings (SSSR count). The fraction of sp³-hybridized carbons (Fsp3) is 0.176. The first-order valence-electron chi connectivity index (χ1n) is 7.49. The number of ether oxygens (including phenoxy) is 1. The largest absolute Gasteiger partial charge is 0.480 e. The molecule has 0 fully saturated rings. The van der Waals surface area contributed by atoms with Gasteiger partial charge in [-0.2, -0.15) is 8.42 Å². The molecule has 0 radical (unpaired) electrons. The Hall–Kier alpha value is -2.94. The highest BCUT2D eigenvalue weighted by Crippen LogP contribution is 2.14. The van der Waals surface area contributed by atoms with E-state index in [0.717, 1.165) is 17.7 Å². The predicted octanol–water partition coefficient (Wildman–Crippen LogP) is 2.27. The maximum absolute atomic E-state index is 12.8. The van der Waals surface area contributed by atoms with E-state index in [-0.39, 0.29) is 13.0 Å². The Bertz CT molecular complexity index is 868. The summed E-state index contributed by atoms with van der Waals surface area (Å²) in [5.74, 6) is -1.29. The lowest BCUT2D eigenvalue weighted by atomic mass is 10.1. The van der Waals surface area contributed by atoms with E-state index in [2.05, 4.69) is 5.32 Å². The van der Waals surface area contributed by atoms with E-state index in [1.807, 2.05) is 6.07 Å². The first-order chi connectivity index (χ1) is 12.3. The quantitative estimate of drug-likeness (QED) is 0.712. The smallest absolute Gasteiger partial charge is 0.408 e. The summed E-state index contributed by atoms with van der Waals surface area (Å²) in [5, 5.41) is 11.5. The second-order valence-electron chi connectivity index (χ2n) is 5.38. The maximum Gasteiger partial charge on any atom is 0.408 e. The Morgan fingerprint density at radius 1 is 1.04 bits per heavy atom. The normalized spacial score (nSPS) is 12.2. The molecule has 1 atom stereocenters. The van der Waals surface area contributed by atoms with Gasteiger partial charge in [0.15, 0.2) is 0 Å². The monoisotopic (exact) mass is 381 g/mol. The third kappa shape index (κ3) is 5.85. The van der Waals surface area contributed by atoms with Crippen molar-refractivity contribution in [2.45, 2.75) is 24.0 Å². The topological polar surface area (TPSA) is 110 Å². The van der Waals surface area contributed by atoms with E-state index < -0.39 is 33.2 Å². The Balaban J connectivity index is 1.96. The van der Waals surface area contributed by atoms with Gasteiger partial charge >= 0.3 is 22.3 Å². The summed E-state index contributed by atoms with van der Waals surface area (Å²) in [4.78, 5) is 22.6. The fourth-order valence-corrected chi connectivity index (χ4v) is 2.59. The third-order valence-corrected chi connectivity index (χ3v) is 4.28. The van der Waals surface area contributed by atoms with E-state index in [4.69, 9.17) is 4.74 Å². The average Bonchev–Trinajstić information content (AvgIpc) is 2.60. The molecule has 9 heteroatoms. The summed E-state index contributed by atoms with van der Waals surface area (Å²) in [7, 11) is -4.82. The van der Waals surface area contributed by atoms with E-state index in [1.54, 1.807) is 24.3 Å². The Morgan fingerprint density at radius 2 is 1.65 bits per heavy atom. The second kappa shape index (κ2) is 8.43. The van der Waals surface area contributed by atoms with Crippen LogP contribution in [0.1, 0.15) is 11.1 Å². The lowest BCUT2D eigenvalue weighted by molar-refractivity contribution is -0.139. The minimum Gasteiger partial charge on any atom is -0.480 e. The van der Waals surface area contributed by atoms with Crippen LogP contribution in [0.25, 0.3) is 0 Å². The standard InChI is InChI=1S/C17H16FNO6S/c18-26(23,24)14-8-6-12(7-9-14)10-15(16(20)21)19-17(22)25-11-13-4-2-1-3-5-13/h1-9,15H,10-11H2,(H,19,22)(H,20,21)/t15-/m0/s1. The molecule has 2 aromatic carbocycles. The number of carboxylic acid groups (broad SMARTS) is 1. The Morgan fingerprint density at radius 3 is 2.19 bits per heavy atom. The number of carbonyl (C=O) groups is 2. The highest BCUT2D eigenvalue weighted by molar-refractivity contribution is 7.86. The Labute approximate surface area is 149 Å². The summed E-state index contributed by atoms with van der Waals surface area (Å²) >= 11 is 0. The number of hydrogen-bond acceptors (Lipinski definition) is 5. The number of hydrogen-bond donors (Lipinski definition) is 2. The molecule has 138 valence electrons. The number of nitrogens with one attached hydrogen (secondary N) is 1. The molecule has 0 aliphatic heterocycles. The zero-order valence-corrected chi connectivity index (χ0v) is 14.3. The summed E-state index contributed by atoms with van der Waals surface area (Å²) in [6.45, 7) is -0.0118. The van der Waals surface area contributed by atoms with Crippen LogP contribution in [-0.4, -0.2) is 31.6 Å². The molecular weight excluding hydrogens is 365 g/mol. The molecule has 0 saturated carbocycles. The van der Waals surface area contributed by atoms with Gasteiger partial charge in [0.1, 0.15) is 12.6 Å². The lowest BCUT2D eigenvalue weighted by Gasteiger charge is -2.15. The van der Waals surface area contributed by atoms with Gasteiger partial charge in [0.05, 0.1) is 4.90 Å². The van der Waals surface area contributed by atoms with Crippen LogP contribution in [0, 0.1) is 0 Å². The molecule has 0 aromatic heterocycles. The molecule has 0 saturated heterocycles. The highest BCUT2D eigenvalue weighted by Gasteiger charge is 2.21. The maximum atomic E-state index is 12.8. The van der Waals surface area contributed by atoms with Crippen molar-refractivity contribution in [3.8, 4) is 0 Å². The van der Waals surface area contributed by atoms with Crippen molar-refractivity contribution >= 4 is 22.3 Å². The third-order valence-electron chi connectivity index (χ3n) is 3.45. The molecule has 0 aliphatic rings. The number of halogens is 1. The SMILES string of the molecule is O=C(N[C@@H](Cc1ccc(S(=O)(=O)F)cc1)C(=O)O)OCc1ccccc1. The van der Waals surface area contributed by atoms with Crippen LogP contribution in [0.15, 0.2) is 59.5 Å². The minimum absolute atomic E-state index is 0.0118. The van der Waals surface area contributed by atoms with Crippen LogP contribution in [0.5, 0.6) is 0 Å². The van der Waals surface area contributed by atoms with Gasteiger partial charge in [0.25, 0.3) is 0 Å². The first-order valence-corrected chi connectivity index (χ1v) is 8.87. The second-order valence-corrected chi connectivity index (χ2v) is 6.73. The van der Waals surface area contributed by atoms with Gasteiger partial charge in [-0.25, -0.2) is 9.59 Å². The van der Waals surface area contributed by atoms with Crippen LogP contribution < -0.4 is 5.32 Å². The predicted molar refractivity (Wildman–Crippen MR) is 89.6 cm³/mol. The van der Waals surface area contributed by atoms with E-state index in [9.17, 15) is 27.0 Å². The number of rotatable bonds is 7. The van der Waals surface area contributed by atoms with Crippen molar-refractivity contribution in [2.75, 3.05) is 0 Å². The van der Waals surface area contributed by atoms with E-state index in [1.165, 1.54) is 12.1 Å². The molecule has 0 unspecified atom stereocenters. The number of carbonyl (C=O) groups excluding carboxylic acids is 1. The van der Waals surface area contributed by atoms with Crippen molar-refractivity contribution < 1.29 is 31.7 Å². The zero-order chi connectivity index (χ0) is 19.2. The van der Waals surface area contributed by atoms with Crippen molar-refractivity contribution in [2.24, 2.45) is 0 Å². The van der Waals surface area contributed by atoms with E-state index in [0.29, 0.717) is 5.56 Å². The van der Waals surface area contributed by atoms with Gasteiger partial charge in [-0.15, -0.1) is 3.89 Å². The fourth-order valence-electron chi connectivity index (χ4n) is 2.13. The molecule has 2 aromatic rings. The van der Waals surface area contributed by atoms with Crippen LogP contribution in [0.3, 0.4) is 0 Å². The molecule has 1 amide bonds. The first kappa shape index (κ1) is 19.4. The number of amides is 1. The lowest BCUT2D eigenvalue weighted by Crippen LogP contribution is -2.42. The molecule has 0 bridgehead atoms. The molecule has 7 nitrogen and oxygen atoms in total. The summed E-state index contributed by atoms with van der Waals surface area (Å²) in [5.41, 5.74) is 1.16. The van der Waals surface area contributed by atoms with Crippen LogP contribution in [0.4, 0.5) is 8.68 Å². The highest BCUT2D eigenvalue weighted by atomic mass is 32.3. The van der Waals surface area contributed by atoms with Gasteiger partial charge in [0.2, 0.25) is 0 Å². The molecule has 2 N–H and O–H groups in total. The number of benzene rings is 2. The van der Waals surface area contributed by atoms with Gasteiger partial charge in [-0.1, -0.05) is 42.5 Å². The number of aliphatic carboxylic acids is 1. The molecule has 26 heavy (non-hydrogen) atoms. The van der Waals surface area contributed by atoms with Gasteiger partial charge in [-0.05, 0) is 23.3 Å². The minimum atomic E-state index is -4.82.